The van der Waals surface area contributed by atoms with Crippen LogP contribution in [-0.4, -0.2) is 0 Å². The Morgan fingerprint density at radius 3 is 2.67 bits per heavy atom. The monoisotopic (exact) mass is 230 g/mol. The summed E-state index contributed by atoms with van der Waals surface area (Å²) < 4.78 is 13.2. The van der Waals surface area contributed by atoms with E-state index in [0.29, 0.717) is 11.5 Å². The van der Waals surface area contributed by atoms with Gasteiger partial charge in [0, 0.05) is 6.04 Å². The normalized spacial score (nSPS) is 13.2. The minimum absolute atomic E-state index is 0.104. The van der Waals surface area contributed by atoms with E-state index in [1.54, 1.807) is 12.1 Å². The first kappa shape index (κ1) is 12.4. The van der Waals surface area contributed by atoms with Crippen molar-refractivity contribution < 1.29 is 4.39 Å². The summed E-state index contributed by atoms with van der Waals surface area (Å²) in [4.78, 5) is 0. The summed E-state index contributed by atoms with van der Waals surface area (Å²) in [5.41, 5.74) is 3.38. The van der Waals surface area contributed by atoms with Gasteiger partial charge in [0.25, 0.3) is 0 Å². The van der Waals surface area contributed by atoms with Gasteiger partial charge in [-0.05, 0) is 24.0 Å². The fraction of sp³-hybridized carbons (Fsp3) is 0.455. The molecule has 0 aliphatic heterocycles. The summed E-state index contributed by atoms with van der Waals surface area (Å²) in [5.74, 6) is 5.50. The van der Waals surface area contributed by atoms with E-state index in [2.05, 4.69) is 19.3 Å². The van der Waals surface area contributed by atoms with E-state index < -0.39 is 5.82 Å². The maximum Gasteiger partial charge on any atom is 0.142 e. The summed E-state index contributed by atoms with van der Waals surface area (Å²) in [6.45, 7) is 4.16. The molecule has 1 atom stereocenters. The van der Waals surface area contributed by atoms with Crippen LogP contribution in [0.3, 0.4) is 0 Å². The highest BCUT2D eigenvalue weighted by molar-refractivity contribution is 6.31. The number of rotatable bonds is 4. The largest absolute Gasteiger partial charge is 0.271 e. The van der Waals surface area contributed by atoms with Crippen LogP contribution in [0.25, 0.3) is 0 Å². The minimum Gasteiger partial charge on any atom is -0.271 e. The summed E-state index contributed by atoms with van der Waals surface area (Å²) >= 11 is 5.88. The average Bonchev–Trinajstić information content (AvgIpc) is 2.19. The van der Waals surface area contributed by atoms with E-state index >= 15 is 0 Å². The minimum atomic E-state index is -0.404. The molecule has 1 rings (SSSR count). The number of benzene rings is 1. The Morgan fingerprint density at radius 2 is 2.13 bits per heavy atom. The molecule has 0 bridgehead atoms. The number of hydrazine groups is 1. The Labute approximate surface area is 94.6 Å². The van der Waals surface area contributed by atoms with Gasteiger partial charge in [0.15, 0.2) is 0 Å². The van der Waals surface area contributed by atoms with Crippen molar-refractivity contribution in [2.45, 2.75) is 26.3 Å². The van der Waals surface area contributed by atoms with E-state index in [4.69, 9.17) is 17.4 Å². The number of hydrogen-bond acceptors (Lipinski definition) is 2. The van der Waals surface area contributed by atoms with Crippen LogP contribution in [-0.2, 0) is 0 Å². The molecule has 0 amide bonds. The van der Waals surface area contributed by atoms with Gasteiger partial charge in [-0.1, -0.05) is 37.6 Å². The third-order valence-electron chi connectivity index (χ3n) is 2.27. The first-order chi connectivity index (χ1) is 7.06. The summed E-state index contributed by atoms with van der Waals surface area (Å²) in [6, 6.07) is 4.67. The van der Waals surface area contributed by atoms with Gasteiger partial charge in [-0.2, -0.15) is 0 Å². The highest BCUT2D eigenvalue weighted by Crippen LogP contribution is 2.28. The maximum atomic E-state index is 13.2. The van der Waals surface area contributed by atoms with Crippen molar-refractivity contribution in [2.75, 3.05) is 0 Å². The maximum absolute atomic E-state index is 13.2. The van der Waals surface area contributed by atoms with Gasteiger partial charge < -0.3 is 0 Å². The standard InChI is InChI=1S/C11H16ClFN2/c1-7(2)6-10(15-14)8-4-3-5-9(13)11(8)12/h3-5,7,10,15H,6,14H2,1-2H3. The van der Waals surface area contributed by atoms with Crippen LogP contribution >= 0.6 is 11.6 Å². The molecule has 0 aromatic heterocycles. The molecule has 3 N–H and O–H groups in total. The number of halogens is 2. The van der Waals surface area contributed by atoms with Crippen LogP contribution in [0.5, 0.6) is 0 Å². The molecule has 2 nitrogen and oxygen atoms in total. The molecule has 0 spiro atoms. The SMILES string of the molecule is CC(C)CC(NN)c1cccc(F)c1Cl. The molecule has 1 unspecified atom stereocenters. The molecule has 0 fully saturated rings. The molecule has 0 saturated heterocycles. The van der Waals surface area contributed by atoms with Gasteiger partial charge in [-0.15, -0.1) is 0 Å². The van der Waals surface area contributed by atoms with Crippen molar-refractivity contribution in [3.63, 3.8) is 0 Å². The zero-order chi connectivity index (χ0) is 11.4. The van der Waals surface area contributed by atoms with E-state index in [0.717, 1.165) is 6.42 Å². The zero-order valence-corrected chi connectivity index (χ0v) is 9.68. The zero-order valence-electron chi connectivity index (χ0n) is 8.93. The third-order valence-corrected chi connectivity index (χ3v) is 2.66. The lowest BCUT2D eigenvalue weighted by Gasteiger charge is -2.19. The number of nitrogens with one attached hydrogen (secondary N) is 1. The Bertz CT molecular complexity index is 328. The second kappa shape index (κ2) is 5.45. The van der Waals surface area contributed by atoms with Crippen LogP contribution in [0.1, 0.15) is 31.9 Å². The van der Waals surface area contributed by atoms with Gasteiger partial charge in [-0.25, -0.2) is 4.39 Å². The molecule has 0 aliphatic carbocycles. The number of hydrogen-bond donors (Lipinski definition) is 2. The van der Waals surface area contributed by atoms with Crippen molar-refractivity contribution in [1.82, 2.24) is 5.43 Å². The lowest BCUT2D eigenvalue weighted by atomic mass is 9.97. The molecular weight excluding hydrogens is 215 g/mol. The fourth-order valence-corrected chi connectivity index (χ4v) is 1.80. The van der Waals surface area contributed by atoms with Crippen molar-refractivity contribution >= 4 is 11.6 Å². The predicted molar refractivity (Wildman–Crippen MR) is 60.9 cm³/mol. The van der Waals surface area contributed by atoms with Gasteiger partial charge >= 0.3 is 0 Å². The molecule has 1 aromatic carbocycles. The van der Waals surface area contributed by atoms with Gasteiger partial charge in [0.05, 0.1) is 5.02 Å². The van der Waals surface area contributed by atoms with Gasteiger partial charge in [-0.3, -0.25) is 11.3 Å². The highest BCUT2D eigenvalue weighted by Gasteiger charge is 2.16. The van der Waals surface area contributed by atoms with Gasteiger partial charge in [0.1, 0.15) is 5.82 Å². The Kier molecular flexibility index (Phi) is 4.51. The fourth-order valence-electron chi connectivity index (χ4n) is 1.55. The second-order valence-corrected chi connectivity index (χ2v) is 4.37. The Balaban J connectivity index is 2.96. The van der Waals surface area contributed by atoms with Crippen molar-refractivity contribution in [2.24, 2.45) is 11.8 Å². The van der Waals surface area contributed by atoms with Crippen LogP contribution in [0, 0.1) is 11.7 Å². The van der Waals surface area contributed by atoms with Crippen LogP contribution in [0.4, 0.5) is 4.39 Å². The molecular formula is C11H16ClFN2. The van der Waals surface area contributed by atoms with Crippen LogP contribution in [0.15, 0.2) is 18.2 Å². The average molecular weight is 231 g/mol. The topological polar surface area (TPSA) is 38.0 Å². The van der Waals surface area contributed by atoms with E-state index in [1.165, 1.54) is 6.07 Å². The molecule has 4 heteroatoms. The van der Waals surface area contributed by atoms with E-state index in [9.17, 15) is 4.39 Å². The molecule has 0 radical (unpaired) electrons. The first-order valence-corrected chi connectivity index (χ1v) is 5.34. The van der Waals surface area contributed by atoms with Crippen LogP contribution in [0.2, 0.25) is 5.02 Å². The van der Waals surface area contributed by atoms with Crippen molar-refractivity contribution in [3.8, 4) is 0 Å². The molecule has 84 valence electrons. The second-order valence-electron chi connectivity index (χ2n) is 3.99. The molecule has 0 heterocycles. The smallest absolute Gasteiger partial charge is 0.142 e. The molecule has 0 aliphatic rings. The highest BCUT2D eigenvalue weighted by atomic mass is 35.5. The molecule has 1 aromatic rings. The van der Waals surface area contributed by atoms with Crippen LogP contribution < -0.4 is 11.3 Å². The summed E-state index contributed by atoms with van der Waals surface area (Å²) in [6.07, 6.45) is 0.819. The lowest BCUT2D eigenvalue weighted by Crippen LogP contribution is -2.29. The summed E-state index contributed by atoms with van der Waals surface area (Å²) in [7, 11) is 0. The Hall–Kier alpha value is -0.640. The molecule has 0 saturated carbocycles. The van der Waals surface area contributed by atoms with Gasteiger partial charge in [0.2, 0.25) is 0 Å². The Morgan fingerprint density at radius 1 is 1.47 bits per heavy atom. The predicted octanol–water partition coefficient (Wildman–Crippen LogP) is 3.03. The third kappa shape index (κ3) is 3.16. The van der Waals surface area contributed by atoms with Crippen molar-refractivity contribution in [1.29, 1.82) is 0 Å². The van der Waals surface area contributed by atoms with Crippen molar-refractivity contribution in [3.05, 3.63) is 34.6 Å². The van der Waals surface area contributed by atoms with E-state index in [1.807, 2.05) is 0 Å². The number of nitrogens with two attached hydrogens (primary N) is 1. The lowest BCUT2D eigenvalue weighted by molar-refractivity contribution is 0.436. The van der Waals surface area contributed by atoms with E-state index in [-0.39, 0.29) is 11.1 Å². The quantitative estimate of drug-likeness (QED) is 0.617. The molecule has 15 heavy (non-hydrogen) atoms. The summed E-state index contributed by atoms with van der Waals surface area (Å²) in [5, 5.41) is 0.154. The first-order valence-electron chi connectivity index (χ1n) is 4.96.